The number of hydrogen-bond donors (Lipinski definition) is 3. The van der Waals surface area contributed by atoms with Crippen molar-refractivity contribution < 1.29 is 19.1 Å². The number of nitrogens with one attached hydrogen (secondary N) is 3. The molecule has 0 spiro atoms. The number of anilines is 2. The van der Waals surface area contributed by atoms with Crippen LogP contribution in [0.25, 0.3) is 0 Å². The molecule has 0 heterocycles. The Morgan fingerprint density at radius 2 is 1.64 bits per heavy atom. The van der Waals surface area contributed by atoms with Crippen molar-refractivity contribution in [3.8, 4) is 5.75 Å². The Morgan fingerprint density at radius 3 is 2.33 bits per heavy atom. The molecule has 8 nitrogen and oxygen atoms in total. The van der Waals surface area contributed by atoms with Gasteiger partial charge < -0.3 is 15.4 Å². The van der Waals surface area contributed by atoms with Crippen LogP contribution in [0.1, 0.15) is 11.1 Å². The number of carbonyl (C=O) groups excluding carboxylic acids is 3. The third-order valence-electron chi connectivity index (χ3n) is 4.24. The van der Waals surface area contributed by atoms with Crippen molar-refractivity contribution in [1.29, 1.82) is 0 Å². The van der Waals surface area contributed by atoms with Gasteiger partial charge in [-0.1, -0.05) is 23.7 Å². The Bertz CT molecular complexity index is 1160. The van der Waals surface area contributed by atoms with E-state index in [1.54, 1.807) is 66.7 Å². The van der Waals surface area contributed by atoms with Gasteiger partial charge in [-0.05, 0) is 78.7 Å². The van der Waals surface area contributed by atoms with Crippen LogP contribution in [0.15, 0.2) is 77.9 Å². The van der Waals surface area contributed by atoms with Gasteiger partial charge in [0, 0.05) is 16.4 Å². The zero-order valence-electron chi connectivity index (χ0n) is 17.7. The molecule has 3 N–H and O–H groups in total. The summed E-state index contributed by atoms with van der Waals surface area (Å²) in [6.45, 7) is 1.72. The van der Waals surface area contributed by atoms with E-state index in [4.69, 9.17) is 16.3 Å². The van der Waals surface area contributed by atoms with Crippen molar-refractivity contribution in [1.82, 2.24) is 5.43 Å². The minimum Gasteiger partial charge on any atom is -0.484 e. The van der Waals surface area contributed by atoms with E-state index < -0.39 is 11.8 Å². The van der Waals surface area contributed by atoms with Crippen LogP contribution in [-0.2, 0) is 14.4 Å². The third kappa shape index (κ3) is 7.79. The molecule has 0 aromatic heterocycles. The van der Waals surface area contributed by atoms with E-state index in [0.717, 1.165) is 5.56 Å². The lowest BCUT2D eigenvalue weighted by molar-refractivity contribution is -0.136. The van der Waals surface area contributed by atoms with Gasteiger partial charge in [-0.3, -0.25) is 14.4 Å². The van der Waals surface area contributed by atoms with Gasteiger partial charge in [0.1, 0.15) is 5.75 Å². The number of hydrogen-bond acceptors (Lipinski definition) is 5. The van der Waals surface area contributed by atoms with E-state index in [1.165, 1.54) is 6.21 Å². The maximum Gasteiger partial charge on any atom is 0.329 e. The molecule has 3 rings (SSSR count). The summed E-state index contributed by atoms with van der Waals surface area (Å²) in [5.41, 5.74) is 4.94. The first-order valence-corrected chi connectivity index (χ1v) is 10.3. The first-order valence-electron chi connectivity index (χ1n) is 9.88. The number of halogens is 1. The summed E-state index contributed by atoms with van der Waals surface area (Å²) in [5, 5.41) is 9.56. The smallest absolute Gasteiger partial charge is 0.329 e. The average Bonchev–Trinajstić information content (AvgIpc) is 2.80. The summed E-state index contributed by atoms with van der Waals surface area (Å²) in [6, 6.07) is 20.5. The van der Waals surface area contributed by atoms with Crippen LogP contribution in [-0.4, -0.2) is 30.5 Å². The van der Waals surface area contributed by atoms with Crippen LogP contribution >= 0.6 is 11.6 Å². The van der Waals surface area contributed by atoms with E-state index in [-0.39, 0.29) is 12.5 Å². The number of hydrazone groups is 1. The van der Waals surface area contributed by atoms with E-state index in [1.807, 2.05) is 13.0 Å². The number of carbonyl (C=O) groups is 3. The summed E-state index contributed by atoms with van der Waals surface area (Å²) in [4.78, 5) is 35.8. The Hall–Kier alpha value is -4.17. The summed E-state index contributed by atoms with van der Waals surface area (Å²) < 4.78 is 5.45. The molecule has 3 aromatic carbocycles. The van der Waals surface area contributed by atoms with Crippen molar-refractivity contribution in [2.45, 2.75) is 6.92 Å². The van der Waals surface area contributed by atoms with Crippen molar-refractivity contribution in [2.24, 2.45) is 5.10 Å². The molecule has 3 amide bonds. The zero-order valence-corrected chi connectivity index (χ0v) is 18.4. The molecule has 0 radical (unpaired) electrons. The molecule has 0 unspecified atom stereocenters. The van der Waals surface area contributed by atoms with E-state index in [9.17, 15) is 14.4 Å². The highest BCUT2D eigenvalue weighted by molar-refractivity contribution is 6.39. The fourth-order valence-corrected chi connectivity index (χ4v) is 2.78. The van der Waals surface area contributed by atoms with Gasteiger partial charge in [0.05, 0.1) is 6.21 Å². The standard InChI is InChI=1S/C24H21ClN4O4/c1-16-3-2-4-20(13-16)28-23(31)24(32)29-26-14-17-5-11-21(12-6-17)33-15-22(30)27-19-9-7-18(25)8-10-19/h2-14H,15H2,1H3,(H,27,30)(H,28,31)(H,29,32)/b26-14-. The molecule has 0 bridgehead atoms. The number of ether oxygens (including phenoxy) is 1. The Labute approximate surface area is 195 Å². The molecular weight excluding hydrogens is 444 g/mol. The van der Waals surface area contributed by atoms with Crippen molar-refractivity contribution in [3.63, 3.8) is 0 Å². The van der Waals surface area contributed by atoms with E-state index >= 15 is 0 Å². The highest BCUT2D eigenvalue weighted by Crippen LogP contribution is 2.14. The highest BCUT2D eigenvalue weighted by Gasteiger charge is 2.12. The molecule has 0 aliphatic carbocycles. The van der Waals surface area contributed by atoms with Gasteiger partial charge >= 0.3 is 11.8 Å². The lowest BCUT2D eigenvalue weighted by Gasteiger charge is -2.08. The van der Waals surface area contributed by atoms with Crippen LogP contribution in [0.3, 0.4) is 0 Å². The summed E-state index contributed by atoms with van der Waals surface area (Å²) >= 11 is 5.81. The van der Waals surface area contributed by atoms with Gasteiger partial charge in [0.25, 0.3) is 5.91 Å². The van der Waals surface area contributed by atoms with E-state index in [0.29, 0.717) is 27.7 Å². The Kier molecular flexibility index (Phi) is 8.15. The molecule has 0 aliphatic rings. The SMILES string of the molecule is Cc1cccc(NC(=O)C(=O)N/N=C\c2ccc(OCC(=O)Nc3ccc(Cl)cc3)cc2)c1. The maximum absolute atomic E-state index is 12.0. The first-order chi connectivity index (χ1) is 15.9. The first kappa shape index (κ1) is 23.5. The Morgan fingerprint density at radius 1 is 0.909 bits per heavy atom. The average molecular weight is 465 g/mol. The minimum atomic E-state index is -0.889. The molecule has 3 aromatic rings. The molecule has 0 atom stereocenters. The molecule has 9 heteroatoms. The van der Waals surface area contributed by atoms with Crippen LogP contribution in [0.2, 0.25) is 5.02 Å². The van der Waals surface area contributed by atoms with E-state index in [2.05, 4.69) is 21.2 Å². The second-order valence-electron chi connectivity index (χ2n) is 6.94. The van der Waals surface area contributed by atoms with Gasteiger partial charge in [-0.2, -0.15) is 5.10 Å². The summed E-state index contributed by atoms with van der Waals surface area (Å²) in [7, 11) is 0. The predicted molar refractivity (Wildman–Crippen MR) is 128 cm³/mol. The third-order valence-corrected chi connectivity index (χ3v) is 4.49. The molecule has 168 valence electrons. The molecule has 0 saturated carbocycles. The van der Waals surface area contributed by atoms with Crippen LogP contribution in [0.5, 0.6) is 5.75 Å². The quantitative estimate of drug-likeness (QED) is 0.281. The Balaban J connectivity index is 1.42. The number of amides is 3. The van der Waals surface area contributed by atoms with Crippen molar-refractivity contribution in [3.05, 3.63) is 88.9 Å². The summed E-state index contributed by atoms with van der Waals surface area (Å²) in [6.07, 6.45) is 1.38. The van der Waals surface area contributed by atoms with Crippen molar-refractivity contribution in [2.75, 3.05) is 17.2 Å². The zero-order chi connectivity index (χ0) is 23.6. The number of benzene rings is 3. The minimum absolute atomic E-state index is 0.165. The number of aryl methyl sites for hydroxylation is 1. The maximum atomic E-state index is 12.0. The second-order valence-corrected chi connectivity index (χ2v) is 7.37. The highest BCUT2D eigenvalue weighted by atomic mass is 35.5. The topological polar surface area (TPSA) is 109 Å². The fraction of sp³-hybridized carbons (Fsp3) is 0.0833. The molecule has 0 saturated heterocycles. The largest absolute Gasteiger partial charge is 0.484 e. The fourth-order valence-electron chi connectivity index (χ4n) is 2.66. The van der Waals surface area contributed by atoms with Crippen LogP contribution in [0, 0.1) is 6.92 Å². The van der Waals surface area contributed by atoms with Crippen molar-refractivity contribution >= 4 is 46.9 Å². The molecular formula is C24H21ClN4O4. The normalized spacial score (nSPS) is 10.5. The molecule has 0 fully saturated rings. The molecule has 0 aliphatic heterocycles. The van der Waals surface area contributed by atoms with Gasteiger partial charge in [0.15, 0.2) is 6.61 Å². The monoisotopic (exact) mass is 464 g/mol. The predicted octanol–water partition coefficient (Wildman–Crippen LogP) is 3.75. The van der Waals surface area contributed by atoms with Crippen LogP contribution < -0.4 is 20.8 Å². The lowest BCUT2D eigenvalue weighted by Crippen LogP contribution is -2.32. The number of nitrogens with zero attached hydrogens (tertiary/aromatic N) is 1. The summed E-state index contributed by atoms with van der Waals surface area (Å²) in [5.74, 6) is -1.53. The van der Waals surface area contributed by atoms with Gasteiger partial charge in [-0.15, -0.1) is 0 Å². The lowest BCUT2D eigenvalue weighted by atomic mass is 10.2. The van der Waals surface area contributed by atoms with Gasteiger partial charge in [-0.25, -0.2) is 5.43 Å². The molecule has 33 heavy (non-hydrogen) atoms. The van der Waals surface area contributed by atoms with Gasteiger partial charge in [0.2, 0.25) is 0 Å². The number of rotatable bonds is 7. The second kappa shape index (κ2) is 11.4. The van der Waals surface area contributed by atoms with Crippen LogP contribution in [0.4, 0.5) is 11.4 Å².